The second-order valence-corrected chi connectivity index (χ2v) is 6.63. The van der Waals surface area contributed by atoms with Crippen molar-refractivity contribution in [2.24, 2.45) is 0 Å². The molecule has 3 heterocycles. The van der Waals surface area contributed by atoms with E-state index in [1.807, 2.05) is 23.1 Å². The van der Waals surface area contributed by atoms with Gasteiger partial charge in [-0.05, 0) is 39.8 Å². The fourth-order valence-corrected chi connectivity index (χ4v) is 2.86. The summed E-state index contributed by atoms with van der Waals surface area (Å²) in [5, 5.41) is 11.4. The third-order valence-corrected chi connectivity index (χ3v) is 4.36. The van der Waals surface area contributed by atoms with Crippen LogP contribution in [0.2, 0.25) is 0 Å². The first-order valence-electron chi connectivity index (χ1n) is 8.69. The molecule has 130 valence electrons. The van der Waals surface area contributed by atoms with Gasteiger partial charge in [-0.2, -0.15) is 5.10 Å². The monoisotopic (exact) mass is 329 g/mol. The number of nitrogens with one attached hydrogen (secondary N) is 2. The van der Waals surface area contributed by atoms with E-state index in [2.05, 4.69) is 47.7 Å². The summed E-state index contributed by atoms with van der Waals surface area (Å²) in [6, 6.07) is 2.41. The second-order valence-electron chi connectivity index (χ2n) is 6.63. The first-order valence-corrected chi connectivity index (χ1v) is 8.69. The van der Waals surface area contributed by atoms with Crippen molar-refractivity contribution in [2.45, 2.75) is 52.4 Å². The van der Waals surface area contributed by atoms with E-state index in [1.54, 1.807) is 0 Å². The van der Waals surface area contributed by atoms with Crippen LogP contribution in [0.1, 0.15) is 43.1 Å². The Morgan fingerprint density at radius 2 is 2.21 bits per heavy atom. The van der Waals surface area contributed by atoms with Gasteiger partial charge in [0.2, 0.25) is 0 Å². The molecule has 2 aromatic heterocycles. The van der Waals surface area contributed by atoms with E-state index in [0.717, 1.165) is 49.6 Å². The summed E-state index contributed by atoms with van der Waals surface area (Å²) >= 11 is 0. The fourth-order valence-electron chi connectivity index (χ4n) is 2.86. The van der Waals surface area contributed by atoms with Crippen LogP contribution in [0.25, 0.3) is 0 Å². The van der Waals surface area contributed by atoms with E-state index >= 15 is 0 Å². The summed E-state index contributed by atoms with van der Waals surface area (Å²) < 4.78 is 8.10. The van der Waals surface area contributed by atoms with Crippen molar-refractivity contribution in [1.82, 2.24) is 25.4 Å². The SMILES string of the molecule is Cc1nn(C(C)C)cc1CNCc1ccncc1O[C@H]1CCNC1. The Hall–Kier alpha value is -1.92. The van der Waals surface area contributed by atoms with Crippen LogP contribution in [0.5, 0.6) is 5.75 Å². The molecule has 0 amide bonds. The molecule has 1 aliphatic rings. The van der Waals surface area contributed by atoms with Crippen LogP contribution in [0, 0.1) is 6.92 Å². The predicted molar refractivity (Wildman–Crippen MR) is 94.0 cm³/mol. The highest BCUT2D eigenvalue weighted by atomic mass is 16.5. The fraction of sp³-hybridized carbons (Fsp3) is 0.556. The van der Waals surface area contributed by atoms with Crippen LogP contribution in [0.3, 0.4) is 0 Å². The highest BCUT2D eigenvalue weighted by Crippen LogP contribution is 2.20. The number of aryl methyl sites for hydroxylation is 1. The van der Waals surface area contributed by atoms with E-state index in [-0.39, 0.29) is 6.10 Å². The smallest absolute Gasteiger partial charge is 0.142 e. The standard InChI is InChI=1S/C18H27N5O/c1-13(2)23-12-16(14(3)22-23)9-21-8-15-4-6-20-11-18(15)24-17-5-7-19-10-17/h4,6,11-13,17,19,21H,5,7-10H2,1-3H3/t17-/m0/s1. The second kappa shape index (κ2) is 7.77. The molecule has 24 heavy (non-hydrogen) atoms. The van der Waals surface area contributed by atoms with Gasteiger partial charge in [-0.15, -0.1) is 0 Å². The Kier molecular flexibility index (Phi) is 5.48. The normalized spacial score (nSPS) is 17.6. The lowest BCUT2D eigenvalue weighted by Gasteiger charge is -2.15. The number of nitrogens with zero attached hydrogens (tertiary/aromatic N) is 3. The Morgan fingerprint density at radius 1 is 1.38 bits per heavy atom. The summed E-state index contributed by atoms with van der Waals surface area (Å²) in [6.07, 6.45) is 7.06. The molecule has 0 unspecified atom stereocenters. The molecule has 2 aromatic rings. The van der Waals surface area contributed by atoms with Gasteiger partial charge >= 0.3 is 0 Å². The number of aromatic nitrogens is 3. The number of ether oxygens (including phenoxy) is 1. The minimum absolute atomic E-state index is 0.250. The molecule has 0 spiro atoms. The summed E-state index contributed by atoms with van der Waals surface area (Å²) in [5.74, 6) is 0.883. The molecular weight excluding hydrogens is 302 g/mol. The van der Waals surface area contributed by atoms with Crippen LogP contribution in [-0.2, 0) is 13.1 Å². The maximum atomic E-state index is 6.09. The average molecular weight is 329 g/mol. The zero-order valence-electron chi connectivity index (χ0n) is 14.7. The van der Waals surface area contributed by atoms with E-state index < -0.39 is 0 Å². The molecule has 6 nitrogen and oxygen atoms in total. The summed E-state index contributed by atoms with van der Waals surface area (Å²) in [7, 11) is 0. The van der Waals surface area contributed by atoms with Crippen LogP contribution in [0.15, 0.2) is 24.7 Å². The Morgan fingerprint density at radius 3 is 2.92 bits per heavy atom. The maximum absolute atomic E-state index is 6.09. The van der Waals surface area contributed by atoms with Gasteiger partial charge in [0.15, 0.2) is 0 Å². The Labute approximate surface area is 143 Å². The van der Waals surface area contributed by atoms with Gasteiger partial charge in [-0.3, -0.25) is 9.67 Å². The largest absolute Gasteiger partial charge is 0.487 e. The van der Waals surface area contributed by atoms with E-state index in [9.17, 15) is 0 Å². The quantitative estimate of drug-likeness (QED) is 0.815. The molecular formula is C18H27N5O. The lowest BCUT2D eigenvalue weighted by molar-refractivity contribution is 0.219. The molecule has 6 heteroatoms. The van der Waals surface area contributed by atoms with Crippen LogP contribution < -0.4 is 15.4 Å². The van der Waals surface area contributed by atoms with Crippen molar-refractivity contribution in [1.29, 1.82) is 0 Å². The third-order valence-electron chi connectivity index (χ3n) is 4.36. The minimum atomic E-state index is 0.250. The highest BCUT2D eigenvalue weighted by molar-refractivity contribution is 5.30. The molecule has 0 aromatic carbocycles. The van der Waals surface area contributed by atoms with Gasteiger partial charge < -0.3 is 15.4 Å². The molecule has 0 saturated carbocycles. The van der Waals surface area contributed by atoms with Gasteiger partial charge in [0.1, 0.15) is 11.9 Å². The van der Waals surface area contributed by atoms with Crippen molar-refractivity contribution >= 4 is 0 Å². The number of pyridine rings is 1. The van der Waals surface area contributed by atoms with Gasteiger partial charge in [-0.25, -0.2) is 0 Å². The van der Waals surface area contributed by atoms with Crippen molar-refractivity contribution in [2.75, 3.05) is 13.1 Å². The molecule has 0 bridgehead atoms. The number of hydrogen-bond donors (Lipinski definition) is 2. The minimum Gasteiger partial charge on any atom is -0.487 e. The van der Waals surface area contributed by atoms with Gasteiger partial charge in [0.05, 0.1) is 11.9 Å². The van der Waals surface area contributed by atoms with Gasteiger partial charge in [0, 0.05) is 49.2 Å². The molecule has 0 radical (unpaired) electrons. The molecule has 1 fully saturated rings. The first-order chi connectivity index (χ1) is 11.6. The zero-order chi connectivity index (χ0) is 16.9. The zero-order valence-corrected chi connectivity index (χ0v) is 14.7. The molecule has 1 aliphatic heterocycles. The summed E-state index contributed by atoms with van der Waals surface area (Å²) in [4.78, 5) is 4.20. The summed E-state index contributed by atoms with van der Waals surface area (Å²) in [6.45, 7) is 9.83. The number of rotatable bonds is 7. The van der Waals surface area contributed by atoms with E-state index in [4.69, 9.17) is 4.74 Å². The highest BCUT2D eigenvalue weighted by Gasteiger charge is 2.17. The number of hydrogen-bond acceptors (Lipinski definition) is 5. The lowest BCUT2D eigenvalue weighted by Crippen LogP contribution is -2.21. The average Bonchev–Trinajstić information content (AvgIpc) is 3.19. The summed E-state index contributed by atoms with van der Waals surface area (Å²) in [5.41, 5.74) is 3.46. The van der Waals surface area contributed by atoms with E-state index in [1.165, 1.54) is 5.56 Å². The van der Waals surface area contributed by atoms with Crippen molar-refractivity contribution in [3.63, 3.8) is 0 Å². The van der Waals surface area contributed by atoms with Crippen molar-refractivity contribution in [3.8, 4) is 5.75 Å². The Balaban J connectivity index is 1.58. The van der Waals surface area contributed by atoms with Crippen LogP contribution >= 0.6 is 0 Å². The maximum Gasteiger partial charge on any atom is 0.142 e. The lowest BCUT2D eigenvalue weighted by atomic mass is 10.2. The molecule has 3 rings (SSSR count). The molecule has 1 atom stereocenters. The molecule has 1 saturated heterocycles. The van der Waals surface area contributed by atoms with Crippen LogP contribution in [0.4, 0.5) is 0 Å². The van der Waals surface area contributed by atoms with Crippen LogP contribution in [-0.4, -0.2) is 34.0 Å². The van der Waals surface area contributed by atoms with Crippen molar-refractivity contribution < 1.29 is 4.74 Å². The first kappa shape index (κ1) is 16.9. The Bertz CT molecular complexity index is 661. The van der Waals surface area contributed by atoms with Gasteiger partial charge in [0.25, 0.3) is 0 Å². The molecule has 2 N–H and O–H groups in total. The third kappa shape index (κ3) is 4.13. The molecule has 0 aliphatic carbocycles. The van der Waals surface area contributed by atoms with E-state index in [0.29, 0.717) is 6.04 Å². The predicted octanol–water partition coefficient (Wildman–Crippen LogP) is 2.20. The van der Waals surface area contributed by atoms with Crippen molar-refractivity contribution in [3.05, 3.63) is 41.5 Å². The van der Waals surface area contributed by atoms with Gasteiger partial charge in [-0.1, -0.05) is 0 Å². The topological polar surface area (TPSA) is 64.0 Å².